The van der Waals surface area contributed by atoms with Crippen LogP contribution in [0.4, 0.5) is 27.8 Å². The smallest absolute Gasteiger partial charge is 0.417 e. The number of nitrogens with zero attached hydrogens (tertiary/aromatic N) is 9. The molecule has 4 heterocycles. The molecule has 4 atom stereocenters. The fourth-order valence-corrected chi connectivity index (χ4v) is 12.0. The van der Waals surface area contributed by atoms with Crippen LogP contribution in [0.5, 0.6) is 11.5 Å². The molecule has 3 amide bonds. The number of benzene rings is 2. The number of carbonyl (C=O) groups excluding carboxylic acids is 3. The number of alkyl halides is 5. The van der Waals surface area contributed by atoms with Gasteiger partial charge in [0.05, 0.1) is 42.8 Å². The van der Waals surface area contributed by atoms with Gasteiger partial charge in [0.1, 0.15) is 17.3 Å². The minimum Gasteiger partial charge on any atom is -0.496 e. The Hall–Kier alpha value is -6.45. The molecule has 5 aliphatic rings. The largest absolute Gasteiger partial charge is 0.496 e. The molecule has 0 spiro atoms. The van der Waals surface area contributed by atoms with Gasteiger partial charge in [-0.2, -0.15) is 23.4 Å². The lowest BCUT2D eigenvalue weighted by Gasteiger charge is -2.31. The van der Waals surface area contributed by atoms with Crippen molar-refractivity contribution in [1.82, 2.24) is 55.7 Å². The van der Waals surface area contributed by atoms with E-state index in [-0.39, 0.29) is 53.8 Å². The number of carbonyl (C=O) groups is 3. The Balaban J connectivity index is 0.000000190. The summed E-state index contributed by atoms with van der Waals surface area (Å²) in [6, 6.07) is 13.8. The highest BCUT2D eigenvalue weighted by molar-refractivity contribution is 5.94. The molecule has 0 bridgehead atoms. The number of aromatic nitrogens is 8. The molecule has 1 saturated heterocycles. The van der Waals surface area contributed by atoms with E-state index in [1.165, 1.54) is 62.8 Å². The first kappa shape index (κ1) is 56.3. The number of rotatable bonds is 23. The van der Waals surface area contributed by atoms with Crippen molar-refractivity contribution in [3.05, 3.63) is 71.7 Å². The van der Waals surface area contributed by atoms with E-state index < -0.39 is 41.4 Å². The molecule has 78 heavy (non-hydrogen) atoms. The maximum atomic E-state index is 13.9. The molecule has 3 aromatic heterocycles. The van der Waals surface area contributed by atoms with Gasteiger partial charge in [-0.1, -0.05) is 76.1 Å². The highest BCUT2D eigenvalue weighted by Crippen LogP contribution is 2.59. The number of H-pyrrole nitrogens is 1. The zero-order valence-electron chi connectivity index (χ0n) is 44.8. The van der Waals surface area contributed by atoms with Crippen LogP contribution in [-0.2, 0) is 28.7 Å². The molecule has 5 fully saturated rings. The second kappa shape index (κ2) is 25.1. The predicted molar refractivity (Wildman–Crippen MR) is 282 cm³/mol. The summed E-state index contributed by atoms with van der Waals surface area (Å²) >= 11 is 0. The van der Waals surface area contributed by atoms with Crippen molar-refractivity contribution in [1.29, 1.82) is 0 Å². The summed E-state index contributed by atoms with van der Waals surface area (Å²) in [7, 11) is 3.28. The van der Waals surface area contributed by atoms with E-state index in [4.69, 9.17) is 14.6 Å². The molecule has 10 rings (SSSR count). The molecule has 2 aromatic carbocycles. The Labute approximate surface area is 451 Å². The normalized spacial score (nSPS) is 20.2. The standard InChI is InChI=1S/C30H44N4O4.C26H29F5N8O/c1-4-18-34-25(30-26(37-2)14-9-15-27(30)38-3)20-28(32-34)33(21-35)24(17-16-22-10-6-5-7-11-22)19-29(36)31-23-12-8-13-23;27-25(28)19-13-38(14-20(19)25)10-9-15(11-23-33-36-37-34-23)32-24(40)21-12-22(39(35-21)16-5-1-2-6-16)17-7-3-4-8-18(17)26(29,30)31/h9,14-15,20-24H,4-8,10-13,16-19H2,1-3H3,(H,31,36);3-4,7-8,12,15-16,19-20H,1-2,5-6,9-11,13-14H2,(H,32,40)(H,33,34,36,37)/t24-;15-,19?,20?/m00/s1. The van der Waals surface area contributed by atoms with Gasteiger partial charge < -0.3 is 25.0 Å². The fourth-order valence-electron chi connectivity index (χ4n) is 12.0. The zero-order chi connectivity index (χ0) is 55.0. The molecule has 22 heteroatoms. The molecule has 0 radical (unpaired) electrons. The van der Waals surface area contributed by atoms with Crippen molar-refractivity contribution in [2.24, 2.45) is 17.8 Å². The first-order chi connectivity index (χ1) is 37.7. The average Bonchev–Trinajstić information content (AvgIpc) is 4.42. The van der Waals surface area contributed by atoms with E-state index in [2.05, 4.69) is 43.3 Å². The van der Waals surface area contributed by atoms with Gasteiger partial charge in [0.25, 0.3) is 11.8 Å². The summed E-state index contributed by atoms with van der Waals surface area (Å²) < 4.78 is 83.6. The second-order valence-electron chi connectivity index (χ2n) is 21.8. The van der Waals surface area contributed by atoms with E-state index in [0.717, 1.165) is 81.5 Å². The Bertz CT molecular complexity index is 2750. The molecule has 4 aliphatic carbocycles. The number of hydrogen-bond donors (Lipinski definition) is 3. The molecule has 2 unspecified atom stereocenters. The number of aromatic amines is 1. The topological polar surface area (TPSA) is 190 Å². The van der Waals surface area contributed by atoms with Crippen LogP contribution in [0.15, 0.2) is 54.6 Å². The van der Waals surface area contributed by atoms with Crippen LogP contribution in [0.2, 0.25) is 0 Å². The third-order valence-corrected chi connectivity index (χ3v) is 16.6. The molecule has 17 nitrogen and oxygen atoms in total. The molecule has 422 valence electrons. The van der Waals surface area contributed by atoms with E-state index >= 15 is 0 Å². The summed E-state index contributed by atoms with van der Waals surface area (Å²) in [5.74, 6) is -1.26. The maximum Gasteiger partial charge on any atom is 0.417 e. The first-order valence-corrected chi connectivity index (χ1v) is 27.9. The van der Waals surface area contributed by atoms with E-state index in [0.29, 0.717) is 61.7 Å². The lowest BCUT2D eigenvalue weighted by atomic mass is 9.84. The number of fused-ring (bicyclic) bond motifs is 1. The van der Waals surface area contributed by atoms with Gasteiger partial charge in [-0.3, -0.25) is 28.6 Å². The minimum atomic E-state index is -4.57. The predicted octanol–water partition coefficient (Wildman–Crippen LogP) is 9.85. The number of methoxy groups -OCH3 is 2. The Morgan fingerprint density at radius 1 is 0.872 bits per heavy atom. The number of aryl methyl sites for hydroxylation is 1. The number of nitrogens with one attached hydrogen (secondary N) is 3. The number of tetrazole rings is 1. The molecule has 3 N–H and O–H groups in total. The van der Waals surface area contributed by atoms with E-state index in [1.807, 2.05) is 33.8 Å². The zero-order valence-corrected chi connectivity index (χ0v) is 44.8. The number of likely N-dealkylation sites (tertiary alicyclic amines) is 1. The van der Waals surface area contributed by atoms with Gasteiger partial charge in [-0.05, 0) is 98.4 Å². The molecule has 5 aromatic rings. The van der Waals surface area contributed by atoms with Crippen LogP contribution in [0.25, 0.3) is 22.5 Å². The van der Waals surface area contributed by atoms with E-state index in [9.17, 15) is 36.3 Å². The lowest BCUT2D eigenvalue weighted by molar-refractivity contribution is -0.137. The van der Waals surface area contributed by atoms with E-state index in [1.54, 1.807) is 23.8 Å². The van der Waals surface area contributed by atoms with Crippen molar-refractivity contribution < 1.29 is 45.8 Å². The van der Waals surface area contributed by atoms with Gasteiger partial charge in [0.2, 0.25) is 12.3 Å². The van der Waals surface area contributed by atoms with Crippen LogP contribution < -0.4 is 25.0 Å². The summed E-state index contributed by atoms with van der Waals surface area (Å²) in [5, 5.41) is 29.2. The minimum absolute atomic E-state index is 0.0154. The Kier molecular flexibility index (Phi) is 18.1. The molecule has 4 saturated carbocycles. The van der Waals surface area contributed by atoms with Crippen molar-refractivity contribution in [3.63, 3.8) is 0 Å². The van der Waals surface area contributed by atoms with Crippen LogP contribution in [0, 0.1) is 17.8 Å². The summed E-state index contributed by atoms with van der Waals surface area (Å²) in [5.41, 5.74) is 1.08. The number of hydrogen-bond acceptors (Lipinski definition) is 11. The van der Waals surface area contributed by atoms with Crippen molar-refractivity contribution >= 4 is 24.0 Å². The monoisotopic (exact) mass is 1090 g/mol. The number of ether oxygens (including phenoxy) is 2. The third-order valence-electron chi connectivity index (χ3n) is 16.6. The molecular weight excluding hydrogens is 1020 g/mol. The van der Waals surface area contributed by atoms with Crippen LogP contribution in [0.3, 0.4) is 0 Å². The van der Waals surface area contributed by atoms with Gasteiger partial charge in [0.15, 0.2) is 11.5 Å². The van der Waals surface area contributed by atoms with Crippen LogP contribution >= 0.6 is 0 Å². The number of piperidine rings is 1. The van der Waals surface area contributed by atoms with Crippen molar-refractivity contribution in [2.45, 2.75) is 165 Å². The van der Waals surface area contributed by atoms with Gasteiger partial charge in [0, 0.05) is 80.6 Å². The summed E-state index contributed by atoms with van der Waals surface area (Å²) in [6.07, 6.45) is 13.0. The highest BCUT2D eigenvalue weighted by Gasteiger charge is 2.71. The van der Waals surface area contributed by atoms with Crippen LogP contribution in [-0.4, -0.2) is 121 Å². The maximum absolute atomic E-state index is 13.9. The summed E-state index contributed by atoms with van der Waals surface area (Å²) in [4.78, 5) is 42.7. The Morgan fingerprint density at radius 2 is 1.58 bits per heavy atom. The van der Waals surface area contributed by atoms with Gasteiger partial charge in [-0.15, -0.1) is 5.10 Å². The quantitative estimate of drug-likeness (QED) is 0.0417. The van der Waals surface area contributed by atoms with Crippen molar-refractivity contribution in [2.75, 3.05) is 38.8 Å². The van der Waals surface area contributed by atoms with Crippen LogP contribution in [0.1, 0.15) is 144 Å². The number of amides is 3. The fraction of sp³-hybridized carbons (Fsp3) is 0.607. The first-order valence-electron chi connectivity index (χ1n) is 27.9. The molecular formula is C56H73F5N12O5. The third kappa shape index (κ3) is 13.2. The van der Waals surface area contributed by atoms with Gasteiger partial charge in [-0.25, -0.2) is 13.9 Å². The molecule has 1 aliphatic heterocycles. The number of halogens is 5. The Morgan fingerprint density at radius 3 is 2.21 bits per heavy atom. The summed E-state index contributed by atoms with van der Waals surface area (Å²) in [6.45, 7) is 3.90. The number of anilines is 1. The second-order valence-corrected chi connectivity index (χ2v) is 21.8. The van der Waals surface area contributed by atoms with Gasteiger partial charge >= 0.3 is 6.18 Å². The average molecular weight is 1090 g/mol. The highest BCUT2D eigenvalue weighted by atomic mass is 19.4. The lowest BCUT2D eigenvalue weighted by Crippen LogP contribution is -2.44. The van der Waals surface area contributed by atoms with Crippen molar-refractivity contribution in [3.8, 4) is 34.0 Å². The SMILES string of the molecule is CCCn1nc(N(C=O)[C@@H](CCC2CCCCC2)CC(=O)NC2CCC2)cc1-c1c(OC)cccc1OC.O=C(N[C@@H](CCN1CC2C(C1)C2(F)F)Cc1nnn[nH]1)c1cc(-c2ccccc2C(F)(F)F)n(C2CCCC2)n1.